The highest BCUT2D eigenvalue weighted by Gasteiger charge is 2.17. The van der Waals surface area contributed by atoms with Gasteiger partial charge in [-0.25, -0.2) is 0 Å². The van der Waals surface area contributed by atoms with Gasteiger partial charge in [0.1, 0.15) is 0 Å². The summed E-state index contributed by atoms with van der Waals surface area (Å²) in [5.41, 5.74) is 4.49. The lowest BCUT2D eigenvalue weighted by molar-refractivity contribution is 0.654. The molecule has 0 saturated carbocycles. The fourth-order valence-electron chi connectivity index (χ4n) is 2.78. The molecule has 4 nitrogen and oxygen atoms in total. The van der Waals surface area contributed by atoms with Crippen molar-refractivity contribution in [2.75, 3.05) is 7.05 Å². The van der Waals surface area contributed by atoms with Gasteiger partial charge in [-0.3, -0.25) is 9.67 Å². The van der Waals surface area contributed by atoms with Crippen molar-refractivity contribution >= 4 is 10.9 Å². The Bertz CT molecular complexity index is 760. The lowest BCUT2D eigenvalue weighted by Gasteiger charge is -2.18. The number of nitrogens with one attached hydrogen (secondary N) is 1. The standard InChI is InChI=1S/C17H20N4/c1-4-21-11-13(10-19-21)17(18-3)15-9-12(2)20-16-8-6-5-7-14(15)16/h5-11,17-18H,4H2,1-3H3. The molecule has 1 N–H and O–H groups in total. The number of hydrogen-bond acceptors (Lipinski definition) is 3. The molecule has 0 aliphatic heterocycles. The van der Waals surface area contributed by atoms with Gasteiger partial charge in [-0.15, -0.1) is 0 Å². The lowest BCUT2D eigenvalue weighted by Crippen LogP contribution is -2.18. The van der Waals surface area contributed by atoms with Gasteiger partial charge in [-0.05, 0) is 38.6 Å². The third-order valence-corrected chi connectivity index (χ3v) is 3.79. The van der Waals surface area contributed by atoms with Gasteiger partial charge >= 0.3 is 0 Å². The third kappa shape index (κ3) is 2.54. The maximum Gasteiger partial charge on any atom is 0.0708 e. The summed E-state index contributed by atoms with van der Waals surface area (Å²) in [6, 6.07) is 10.6. The molecule has 0 saturated heterocycles. The summed E-state index contributed by atoms with van der Waals surface area (Å²) < 4.78 is 1.95. The van der Waals surface area contributed by atoms with Crippen molar-refractivity contribution in [3.05, 3.63) is 59.5 Å². The number of aromatic nitrogens is 3. The molecule has 3 aromatic rings. The van der Waals surface area contributed by atoms with E-state index in [2.05, 4.69) is 52.8 Å². The molecule has 0 spiro atoms. The van der Waals surface area contributed by atoms with E-state index in [4.69, 9.17) is 0 Å². The predicted molar refractivity (Wildman–Crippen MR) is 85.3 cm³/mol. The van der Waals surface area contributed by atoms with Crippen LogP contribution in [-0.2, 0) is 6.54 Å². The Kier molecular flexibility index (Phi) is 3.71. The van der Waals surface area contributed by atoms with Crippen LogP contribution in [0.1, 0.15) is 29.8 Å². The minimum absolute atomic E-state index is 0.122. The fraction of sp³-hybridized carbons (Fsp3) is 0.294. The van der Waals surface area contributed by atoms with Crippen LogP contribution in [0.5, 0.6) is 0 Å². The van der Waals surface area contributed by atoms with Crippen molar-refractivity contribution in [2.24, 2.45) is 0 Å². The Balaban J connectivity index is 2.16. The Morgan fingerprint density at radius 1 is 1.29 bits per heavy atom. The molecule has 21 heavy (non-hydrogen) atoms. The lowest BCUT2D eigenvalue weighted by atomic mass is 9.97. The molecule has 0 bridgehead atoms. The van der Waals surface area contributed by atoms with E-state index in [1.54, 1.807) is 0 Å². The molecule has 4 heteroatoms. The zero-order valence-electron chi connectivity index (χ0n) is 12.7. The van der Waals surface area contributed by atoms with Gasteiger partial charge in [0.15, 0.2) is 0 Å². The summed E-state index contributed by atoms with van der Waals surface area (Å²) in [5, 5.41) is 8.99. The zero-order chi connectivity index (χ0) is 14.8. The van der Waals surface area contributed by atoms with Crippen LogP contribution >= 0.6 is 0 Å². The van der Waals surface area contributed by atoms with Crippen LogP contribution in [-0.4, -0.2) is 21.8 Å². The monoisotopic (exact) mass is 280 g/mol. The van der Waals surface area contributed by atoms with E-state index in [1.807, 2.05) is 30.9 Å². The Hall–Kier alpha value is -2.20. The predicted octanol–water partition coefficient (Wildman–Crippen LogP) is 3.07. The molecule has 2 heterocycles. The maximum absolute atomic E-state index is 4.62. The van der Waals surface area contributed by atoms with Gasteiger partial charge in [-0.2, -0.15) is 5.10 Å². The molecule has 0 fully saturated rings. The second kappa shape index (κ2) is 5.66. The summed E-state index contributed by atoms with van der Waals surface area (Å²) in [6.07, 6.45) is 4.04. The minimum atomic E-state index is 0.122. The summed E-state index contributed by atoms with van der Waals surface area (Å²) in [5.74, 6) is 0. The highest BCUT2D eigenvalue weighted by molar-refractivity contribution is 5.83. The third-order valence-electron chi connectivity index (χ3n) is 3.79. The van der Waals surface area contributed by atoms with Crippen LogP contribution < -0.4 is 5.32 Å². The van der Waals surface area contributed by atoms with E-state index in [1.165, 1.54) is 16.5 Å². The molecule has 0 aliphatic carbocycles. The van der Waals surface area contributed by atoms with Gasteiger partial charge in [0.05, 0.1) is 17.8 Å². The first-order valence-corrected chi connectivity index (χ1v) is 7.29. The Morgan fingerprint density at radius 3 is 2.81 bits per heavy atom. The second-order valence-corrected chi connectivity index (χ2v) is 5.22. The highest BCUT2D eigenvalue weighted by atomic mass is 15.3. The number of aryl methyl sites for hydroxylation is 2. The average Bonchev–Trinajstić information content (AvgIpc) is 2.96. The largest absolute Gasteiger partial charge is 0.309 e. The van der Waals surface area contributed by atoms with E-state index in [9.17, 15) is 0 Å². The first-order chi connectivity index (χ1) is 10.2. The molecule has 1 unspecified atom stereocenters. The van der Waals surface area contributed by atoms with Gasteiger partial charge in [-0.1, -0.05) is 18.2 Å². The van der Waals surface area contributed by atoms with Crippen LogP contribution in [0.2, 0.25) is 0 Å². The highest BCUT2D eigenvalue weighted by Crippen LogP contribution is 2.28. The molecular formula is C17H20N4. The number of fused-ring (bicyclic) bond motifs is 1. The average molecular weight is 280 g/mol. The minimum Gasteiger partial charge on any atom is -0.309 e. The zero-order valence-corrected chi connectivity index (χ0v) is 12.7. The number of nitrogens with zero attached hydrogens (tertiary/aromatic N) is 3. The van der Waals surface area contributed by atoms with Gasteiger partial charge in [0.2, 0.25) is 0 Å². The fourth-order valence-corrected chi connectivity index (χ4v) is 2.78. The number of para-hydroxylation sites is 1. The molecule has 1 atom stereocenters. The van der Waals surface area contributed by atoms with Gasteiger partial charge < -0.3 is 5.32 Å². The molecule has 0 aliphatic rings. The van der Waals surface area contributed by atoms with Crippen molar-refractivity contribution in [3.8, 4) is 0 Å². The van der Waals surface area contributed by atoms with Crippen LogP contribution in [0, 0.1) is 6.92 Å². The van der Waals surface area contributed by atoms with Crippen LogP contribution in [0.4, 0.5) is 0 Å². The molecular weight excluding hydrogens is 260 g/mol. The maximum atomic E-state index is 4.62. The normalized spacial score (nSPS) is 12.7. The number of pyridine rings is 1. The topological polar surface area (TPSA) is 42.7 Å². The van der Waals surface area contributed by atoms with Crippen molar-refractivity contribution < 1.29 is 0 Å². The van der Waals surface area contributed by atoms with Crippen molar-refractivity contribution in [3.63, 3.8) is 0 Å². The van der Waals surface area contributed by atoms with E-state index < -0.39 is 0 Å². The van der Waals surface area contributed by atoms with E-state index in [-0.39, 0.29) is 6.04 Å². The molecule has 0 radical (unpaired) electrons. The SMILES string of the molecule is CCn1cc(C(NC)c2cc(C)nc3ccccc23)cn1. The van der Waals surface area contributed by atoms with E-state index in [0.717, 1.165) is 17.8 Å². The Labute approximate surface area is 124 Å². The Morgan fingerprint density at radius 2 is 2.10 bits per heavy atom. The first-order valence-electron chi connectivity index (χ1n) is 7.29. The van der Waals surface area contributed by atoms with Crippen molar-refractivity contribution in [2.45, 2.75) is 26.4 Å². The quantitative estimate of drug-likeness (QED) is 0.798. The first kappa shape index (κ1) is 13.8. The molecule has 3 rings (SSSR count). The molecule has 1 aromatic carbocycles. The number of hydrogen-bond donors (Lipinski definition) is 1. The molecule has 108 valence electrons. The van der Waals surface area contributed by atoms with Crippen molar-refractivity contribution in [1.82, 2.24) is 20.1 Å². The number of rotatable bonds is 4. The van der Waals surface area contributed by atoms with Gasteiger partial charge in [0.25, 0.3) is 0 Å². The smallest absolute Gasteiger partial charge is 0.0708 e. The van der Waals surface area contributed by atoms with Crippen LogP contribution in [0.25, 0.3) is 10.9 Å². The van der Waals surface area contributed by atoms with Crippen LogP contribution in [0.3, 0.4) is 0 Å². The van der Waals surface area contributed by atoms with E-state index in [0.29, 0.717) is 0 Å². The second-order valence-electron chi connectivity index (χ2n) is 5.22. The number of benzene rings is 1. The van der Waals surface area contributed by atoms with Gasteiger partial charge in [0, 0.05) is 29.4 Å². The summed E-state index contributed by atoms with van der Waals surface area (Å²) in [4.78, 5) is 4.62. The van der Waals surface area contributed by atoms with Crippen molar-refractivity contribution in [1.29, 1.82) is 0 Å². The molecule has 2 aromatic heterocycles. The summed E-state index contributed by atoms with van der Waals surface area (Å²) in [7, 11) is 1.98. The van der Waals surface area contributed by atoms with Crippen LogP contribution in [0.15, 0.2) is 42.7 Å². The molecule has 0 amide bonds. The summed E-state index contributed by atoms with van der Waals surface area (Å²) >= 11 is 0. The summed E-state index contributed by atoms with van der Waals surface area (Å²) in [6.45, 7) is 5.02. The van der Waals surface area contributed by atoms with E-state index >= 15 is 0 Å².